The van der Waals surface area contributed by atoms with Gasteiger partial charge >= 0.3 is 0 Å². The van der Waals surface area contributed by atoms with Gasteiger partial charge in [-0.25, -0.2) is 0 Å². The summed E-state index contributed by atoms with van der Waals surface area (Å²) >= 11 is 0. The average Bonchev–Trinajstić information content (AvgIpc) is 2.26. The molecule has 0 heterocycles. The third-order valence-electron chi connectivity index (χ3n) is 2.72. The number of carbonyl (C=O) groups excluding carboxylic acids is 1. The highest BCUT2D eigenvalue weighted by Gasteiger charge is 2.15. The maximum absolute atomic E-state index is 11.7. The normalized spacial score (nSPS) is 11.7. The SMILES string of the molecule is CN(Cc1ccc(C(=O)N(C)C)cc1)CC(C)(C)O. The van der Waals surface area contributed by atoms with Crippen molar-refractivity contribution in [2.75, 3.05) is 27.7 Å². The fourth-order valence-corrected chi connectivity index (χ4v) is 2.04. The van der Waals surface area contributed by atoms with Gasteiger partial charge in [0.05, 0.1) is 5.60 Å². The number of hydrogen-bond acceptors (Lipinski definition) is 3. The molecule has 0 aliphatic rings. The van der Waals surface area contributed by atoms with Crippen LogP contribution in [0.3, 0.4) is 0 Å². The van der Waals surface area contributed by atoms with Gasteiger partial charge in [-0.05, 0) is 38.6 Å². The van der Waals surface area contributed by atoms with Crippen LogP contribution in [0.1, 0.15) is 29.8 Å². The molecule has 1 aromatic carbocycles. The van der Waals surface area contributed by atoms with Crippen molar-refractivity contribution in [1.29, 1.82) is 0 Å². The molecule has 0 unspecified atom stereocenters. The Morgan fingerprint density at radius 2 is 1.68 bits per heavy atom. The number of likely N-dealkylation sites (N-methyl/N-ethyl adjacent to an activating group) is 1. The fourth-order valence-electron chi connectivity index (χ4n) is 2.04. The summed E-state index contributed by atoms with van der Waals surface area (Å²) in [6, 6.07) is 7.60. The Hall–Kier alpha value is -1.39. The van der Waals surface area contributed by atoms with Crippen molar-refractivity contribution in [3.63, 3.8) is 0 Å². The van der Waals surface area contributed by atoms with Gasteiger partial charge in [0.25, 0.3) is 5.91 Å². The number of nitrogens with zero attached hydrogens (tertiary/aromatic N) is 2. The minimum absolute atomic E-state index is 0.0106. The van der Waals surface area contributed by atoms with Crippen molar-refractivity contribution in [3.05, 3.63) is 35.4 Å². The summed E-state index contributed by atoms with van der Waals surface area (Å²) in [5, 5.41) is 9.75. The Labute approximate surface area is 115 Å². The first kappa shape index (κ1) is 15.7. The van der Waals surface area contributed by atoms with Crippen molar-refractivity contribution < 1.29 is 9.90 Å². The fraction of sp³-hybridized carbons (Fsp3) is 0.533. The van der Waals surface area contributed by atoms with Gasteiger partial charge < -0.3 is 10.0 Å². The summed E-state index contributed by atoms with van der Waals surface area (Å²) in [6.07, 6.45) is 0. The molecule has 1 N–H and O–H groups in total. The van der Waals surface area contributed by atoms with Crippen LogP contribution >= 0.6 is 0 Å². The molecule has 0 spiro atoms. The molecular formula is C15H24N2O2. The van der Waals surface area contributed by atoms with E-state index in [1.807, 2.05) is 31.3 Å². The summed E-state index contributed by atoms with van der Waals surface area (Å²) in [5.74, 6) is 0.0106. The molecule has 1 rings (SSSR count). The number of benzene rings is 1. The number of rotatable bonds is 5. The highest BCUT2D eigenvalue weighted by Crippen LogP contribution is 2.10. The quantitative estimate of drug-likeness (QED) is 0.878. The minimum atomic E-state index is -0.699. The smallest absolute Gasteiger partial charge is 0.253 e. The first-order valence-electron chi connectivity index (χ1n) is 6.40. The van der Waals surface area contributed by atoms with Crippen molar-refractivity contribution in [3.8, 4) is 0 Å². The summed E-state index contributed by atoms with van der Waals surface area (Å²) < 4.78 is 0. The molecule has 0 radical (unpaired) electrons. The summed E-state index contributed by atoms with van der Waals surface area (Å²) in [4.78, 5) is 15.4. The average molecular weight is 264 g/mol. The summed E-state index contributed by atoms with van der Waals surface area (Å²) in [6.45, 7) is 4.94. The molecular weight excluding hydrogens is 240 g/mol. The first-order chi connectivity index (χ1) is 8.69. The van der Waals surface area contributed by atoms with Crippen LogP contribution in [0.2, 0.25) is 0 Å². The van der Waals surface area contributed by atoms with Crippen LogP contribution in [0.25, 0.3) is 0 Å². The van der Waals surface area contributed by atoms with E-state index in [1.165, 1.54) is 0 Å². The van der Waals surface area contributed by atoms with E-state index in [-0.39, 0.29) is 5.91 Å². The third kappa shape index (κ3) is 5.41. The Kier molecular flexibility index (Phi) is 5.09. The number of hydrogen-bond donors (Lipinski definition) is 1. The van der Waals surface area contributed by atoms with E-state index >= 15 is 0 Å². The molecule has 0 saturated heterocycles. The molecule has 4 nitrogen and oxygen atoms in total. The van der Waals surface area contributed by atoms with Crippen LogP contribution in [-0.2, 0) is 6.54 Å². The van der Waals surface area contributed by atoms with E-state index in [9.17, 15) is 9.90 Å². The lowest BCUT2D eigenvalue weighted by Crippen LogP contribution is -2.35. The van der Waals surface area contributed by atoms with Gasteiger partial charge in [-0.3, -0.25) is 9.69 Å². The number of carbonyl (C=O) groups is 1. The lowest BCUT2D eigenvalue weighted by molar-refractivity contribution is 0.0425. The van der Waals surface area contributed by atoms with Crippen LogP contribution in [0.4, 0.5) is 0 Å². The molecule has 0 aliphatic carbocycles. The Bertz CT molecular complexity index is 419. The zero-order valence-electron chi connectivity index (χ0n) is 12.5. The third-order valence-corrected chi connectivity index (χ3v) is 2.72. The summed E-state index contributed by atoms with van der Waals surface area (Å²) in [5.41, 5.74) is 1.12. The second-order valence-electron chi connectivity index (χ2n) is 5.88. The zero-order chi connectivity index (χ0) is 14.6. The van der Waals surface area contributed by atoms with Crippen molar-refractivity contribution >= 4 is 5.91 Å². The van der Waals surface area contributed by atoms with Crippen LogP contribution in [0.15, 0.2) is 24.3 Å². The zero-order valence-corrected chi connectivity index (χ0v) is 12.5. The number of aliphatic hydroxyl groups is 1. The van der Waals surface area contributed by atoms with Crippen LogP contribution < -0.4 is 0 Å². The van der Waals surface area contributed by atoms with Crippen LogP contribution in [0.5, 0.6) is 0 Å². The monoisotopic (exact) mass is 264 g/mol. The van der Waals surface area contributed by atoms with Gasteiger partial charge in [-0.1, -0.05) is 12.1 Å². The molecule has 0 aromatic heterocycles. The first-order valence-corrected chi connectivity index (χ1v) is 6.40. The summed E-state index contributed by atoms with van der Waals surface area (Å²) in [7, 11) is 5.46. The molecule has 4 heteroatoms. The topological polar surface area (TPSA) is 43.8 Å². The lowest BCUT2D eigenvalue weighted by atomic mass is 10.1. The molecule has 106 valence electrons. The van der Waals surface area contributed by atoms with Crippen molar-refractivity contribution in [2.45, 2.75) is 26.0 Å². The van der Waals surface area contributed by atoms with E-state index in [4.69, 9.17) is 0 Å². The largest absolute Gasteiger partial charge is 0.389 e. The maximum atomic E-state index is 11.7. The van der Waals surface area contributed by atoms with Crippen molar-refractivity contribution in [1.82, 2.24) is 9.80 Å². The van der Waals surface area contributed by atoms with E-state index in [0.29, 0.717) is 12.1 Å². The van der Waals surface area contributed by atoms with Gasteiger partial charge in [0.2, 0.25) is 0 Å². The van der Waals surface area contributed by atoms with Gasteiger partial charge in [-0.2, -0.15) is 0 Å². The predicted octanol–water partition coefficient (Wildman–Crippen LogP) is 1.59. The van der Waals surface area contributed by atoms with Gasteiger partial charge in [-0.15, -0.1) is 0 Å². The minimum Gasteiger partial charge on any atom is -0.389 e. The predicted molar refractivity (Wildman–Crippen MR) is 77.1 cm³/mol. The van der Waals surface area contributed by atoms with Gasteiger partial charge in [0, 0.05) is 32.7 Å². The number of amides is 1. The molecule has 0 aliphatic heterocycles. The molecule has 0 bridgehead atoms. The standard InChI is InChI=1S/C15H24N2O2/c1-15(2,19)11-17(5)10-12-6-8-13(9-7-12)14(18)16(3)4/h6-9,19H,10-11H2,1-5H3. The highest BCUT2D eigenvalue weighted by atomic mass is 16.3. The van der Waals surface area contributed by atoms with Crippen LogP contribution in [0, 0.1) is 0 Å². The molecule has 19 heavy (non-hydrogen) atoms. The van der Waals surface area contributed by atoms with Gasteiger partial charge in [0.1, 0.15) is 0 Å². The van der Waals surface area contributed by atoms with Gasteiger partial charge in [0.15, 0.2) is 0 Å². The van der Waals surface area contributed by atoms with E-state index in [0.717, 1.165) is 12.1 Å². The second-order valence-corrected chi connectivity index (χ2v) is 5.88. The van der Waals surface area contributed by atoms with E-state index in [2.05, 4.69) is 4.90 Å². The Morgan fingerprint density at radius 3 is 2.11 bits per heavy atom. The van der Waals surface area contributed by atoms with Crippen LogP contribution in [-0.4, -0.2) is 54.1 Å². The lowest BCUT2D eigenvalue weighted by Gasteiger charge is -2.25. The van der Waals surface area contributed by atoms with E-state index in [1.54, 1.807) is 32.8 Å². The molecule has 0 fully saturated rings. The van der Waals surface area contributed by atoms with E-state index < -0.39 is 5.60 Å². The molecule has 0 atom stereocenters. The highest BCUT2D eigenvalue weighted by molar-refractivity contribution is 5.93. The maximum Gasteiger partial charge on any atom is 0.253 e. The second kappa shape index (κ2) is 6.17. The molecule has 0 saturated carbocycles. The Balaban J connectivity index is 2.65. The molecule has 1 amide bonds. The Morgan fingerprint density at radius 1 is 1.16 bits per heavy atom. The molecule has 1 aromatic rings. The van der Waals surface area contributed by atoms with Crippen molar-refractivity contribution in [2.24, 2.45) is 0 Å².